The molecule has 0 unspecified atom stereocenters. The Kier molecular flexibility index (Phi) is 4.00. The van der Waals surface area contributed by atoms with Crippen LogP contribution >= 0.6 is 11.6 Å². The van der Waals surface area contributed by atoms with Gasteiger partial charge < -0.3 is 5.32 Å². The highest BCUT2D eigenvalue weighted by atomic mass is 35.5. The van der Waals surface area contributed by atoms with Crippen LogP contribution in [-0.4, -0.2) is 4.92 Å². The first kappa shape index (κ1) is 16.2. The zero-order valence-corrected chi connectivity index (χ0v) is 14.7. The highest BCUT2D eigenvalue weighted by Crippen LogP contribution is 2.51. The second-order valence-electron chi connectivity index (χ2n) is 6.68. The number of nitrogens with one attached hydrogen (secondary N) is 1. The molecule has 25 heavy (non-hydrogen) atoms. The van der Waals surface area contributed by atoms with Gasteiger partial charge in [-0.05, 0) is 41.5 Å². The Morgan fingerprint density at radius 2 is 2.16 bits per heavy atom. The molecule has 0 saturated heterocycles. The average molecular weight is 355 g/mol. The van der Waals surface area contributed by atoms with Crippen molar-refractivity contribution in [3.63, 3.8) is 0 Å². The highest BCUT2D eigenvalue weighted by molar-refractivity contribution is 6.32. The summed E-state index contributed by atoms with van der Waals surface area (Å²) in [5.41, 5.74) is 4.69. The molecule has 1 aliphatic carbocycles. The second kappa shape index (κ2) is 6.19. The van der Waals surface area contributed by atoms with E-state index >= 15 is 0 Å². The Balaban J connectivity index is 1.81. The summed E-state index contributed by atoms with van der Waals surface area (Å²) in [4.78, 5) is 10.9. The van der Waals surface area contributed by atoms with E-state index in [0.29, 0.717) is 11.8 Å². The first-order valence-corrected chi connectivity index (χ1v) is 8.96. The molecule has 2 aromatic rings. The maximum absolute atomic E-state index is 11.3. The average Bonchev–Trinajstić information content (AvgIpc) is 3.10. The van der Waals surface area contributed by atoms with E-state index in [1.54, 1.807) is 12.1 Å². The van der Waals surface area contributed by atoms with Crippen LogP contribution in [0.1, 0.15) is 42.0 Å². The lowest BCUT2D eigenvalue weighted by molar-refractivity contribution is -0.384. The summed E-state index contributed by atoms with van der Waals surface area (Å²) in [6.45, 7) is 2.15. The number of fused-ring (bicyclic) bond motifs is 3. The number of nitro benzene ring substituents is 1. The number of rotatable bonds is 3. The van der Waals surface area contributed by atoms with Crippen LogP contribution in [0.3, 0.4) is 0 Å². The SMILES string of the molecule is CCc1cccc2c1N[C@H](c1ccc(Cl)c([N+](=O)[O-])c1)[C@H]1CC=C[C@H]21. The summed E-state index contributed by atoms with van der Waals surface area (Å²) in [5.74, 6) is 0.711. The molecule has 4 nitrogen and oxygen atoms in total. The lowest BCUT2D eigenvalue weighted by atomic mass is 9.76. The fourth-order valence-corrected chi connectivity index (χ4v) is 4.36. The van der Waals surface area contributed by atoms with E-state index in [1.165, 1.54) is 16.8 Å². The number of para-hydroxylation sites is 1. The normalized spacial score (nSPS) is 23.7. The monoisotopic (exact) mass is 354 g/mol. The lowest BCUT2D eigenvalue weighted by Crippen LogP contribution is -2.29. The minimum absolute atomic E-state index is 0.0296. The van der Waals surface area contributed by atoms with Crippen LogP contribution < -0.4 is 5.32 Å². The third kappa shape index (κ3) is 2.61. The topological polar surface area (TPSA) is 55.2 Å². The first-order valence-electron chi connectivity index (χ1n) is 8.59. The van der Waals surface area contributed by atoms with E-state index in [1.807, 2.05) is 6.07 Å². The molecule has 1 heterocycles. The number of nitro groups is 1. The van der Waals surface area contributed by atoms with Gasteiger partial charge in [-0.1, -0.05) is 54.9 Å². The molecule has 0 spiro atoms. The quantitative estimate of drug-likeness (QED) is 0.441. The predicted molar refractivity (Wildman–Crippen MR) is 100 cm³/mol. The van der Waals surface area contributed by atoms with Crippen LogP contribution in [0.15, 0.2) is 48.6 Å². The third-order valence-electron chi connectivity index (χ3n) is 5.39. The minimum atomic E-state index is -0.412. The lowest BCUT2D eigenvalue weighted by Gasteiger charge is -2.38. The summed E-state index contributed by atoms with van der Waals surface area (Å²) in [6.07, 6.45) is 6.42. The fourth-order valence-electron chi connectivity index (χ4n) is 4.17. The molecule has 3 atom stereocenters. The van der Waals surface area contributed by atoms with Crippen molar-refractivity contribution in [2.75, 3.05) is 5.32 Å². The Morgan fingerprint density at radius 3 is 2.92 bits per heavy atom. The van der Waals surface area contributed by atoms with Crippen molar-refractivity contribution in [1.29, 1.82) is 0 Å². The number of benzene rings is 2. The molecule has 0 aromatic heterocycles. The summed E-state index contributed by atoms with van der Waals surface area (Å²) in [7, 11) is 0. The zero-order valence-electron chi connectivity index (χ0n) is 13.9. The van der Waals surface area contributed by atoms with Crippen molar-refractivity contribution >= 4 is 23.0 Å². The van der Waals surface area contributed by atoms with Gasteiger partial charge in [0.05, 0.1) is 11.0 Å². The van der Waals surface area contributed by atoms with Gasteiger partial charge in [-0.25, -0.2) is 0 Å². The Morgan fingerprint density at radius 1 is 1.32 bits per heavy atom. The summed E-state index contributed by atoms with van der Waals surface area (Å²) in [5, 5.41) is 15.1. The molecular weight excluding hydrogens is 336 g/mol. The number of hydrogen-bond donors (Lipinski definition) is 1. The van der Waals surface area contributed by atoms with E-state index in [4.69, 9.17) is 11.6 Å². The van der Waals surface area contributed by atoms with Crippen molar-refractivity contribution in [1.82, 2.24) is 0 Å². The Bertz CT molecular complexity index is 878. The Hall–Kier alpha value is -2.33. The molecule has 0 bridgehead atoms. The molecule has 1 N–H and O–H groups in total. The van der Waals surface area contributed by atoms with Crippen molar-refractivity contribution in [3.8, 4) is 0 Å². The van der Waals surface area contributed by atoms with Gasteiger partial charge in [-0.3, -0.25) is 10.1 Å². The number of hydrogen-bond acceptors (Lipinski definition) is 3. The van der Waals surface area contributed by atoms with Gasteiger partial charge in [0.15, 0.2) is 0 Å². The molecule has 5 heteroatoms. The van der Waals surface area contributed by atoms with E-state index in [2.05, 4.69) is 42.6 Å². The Labute approximate surface area is 151 Å². The highest BCUT2D eigenvalue weighted by Gasteiger charge is 2.38. The molecule has 128 valence electrons. The summed E-state index contributed by atoms with van der Waals surface area (Å²) >= 11 is 6.00. The smallest absolute Gasteiger partial charge is 0.288 e. The number of anilines is 1. The van der Waals surface area contributed by atoms with E-state index in [9.17, 15) is 10.1 Å². The van der Waals surface area contributed by atoms with Crippen molar-refractivity contribution in [2.45, 2.75) is 31.7 Å². The number of aryl methyl sites for hydroxylation is 1. The van der Waals surface area contributed by atoms with Crippen LogP contribution in [0, 0.1) is 16.0 Å². The molecular formula is C20H19ClN2O2. The fraction of sp³-hybridized carbons (Fsp3) is 0.300. The summed E-state index contributed by atoms with van der Waals surface area (Å²) < 4.78 is 0. The van der Waals surface area contributed by atoms with E-state index in [0.717, 1.165) is 18.4 Å². The number of nitrogens with zero attached hydrogens (tertiary/aromatic N) is 1. The van der Waals surface area contributed by atoms with Gasteiger partial charge in [0, 0.05) is 17.7 Å². The third-order valence-corrected chi connectivity index (χ3v) is 5.71. The van der Waals surface area contributed by atoms with Gasteiger partial charge >= 0.3 is 0 Å². The zero-order chi connectivity index (χ0) is 17.6. The minimum Gasteiger partial charge on any atom is -0.377 e. The van der Waals surface area contributed by atoms with E-state index < -0.39 is 4.92 Å². The van der Waals surface area contributed by atoms with Crippen LogP contribution in [0.4, 0.5) is 11.4 Å². The first-order chi connectivity index (χ1) is 12.1. The number of halogens is 1. The van der Waals surface area contributed by atoms with Crippen LogP contribution in [0.25, 0.3) is 0 Å². The summed E-state index contributed by atoms with van der Waals surface area (Å²) in [6, 6.07) is 11.7. The molecule has 0 amide bonds. The maximum Gasteiger partial charge on any atom is 0.288 e. The molecule has 0 saturated carbocycles. The van der Waals surface area contributed by atoms with Gasteiger partial charge in [0.1, 0.15) is 5.02 Å². The van der Waals surface area contributed by atoms with Gasteiger partial charge in [0.25, 0.3) is 5.69 Å². The molecule has 0 radical (unpaired) electrons. The van der Waals surface area contributed by atoms with Gasteiger partial charge in [0.2, 0.25) is 0 Å². The molecule has 4 rings (SSSR count). The van der Waals surface area contributed by atoms with Crippen molar-refractivity contribution in [3.05, 3.63) is 80.4 Å². The molecule has 2 aromatic carbocycles. The second-order valence-corrected chi connectivity index (χ2v) is 7.09. The van der Waals surface area contributed by atoms with Crippen LogP contribution in [0.2, 0.25) is 5.02 Å². The molecule has 0 fully saturated rings. The van der Waals surface area contributed by atoms with Gasteiger partial charge in [-0.2, -0.15) is 0 Å². The van der Waals surface area contributed by atoms with Gasteiger partial charge in [-0.15, -0.1) is 0 Å². The number of allylic oxidation sites excluding steroid dienone is 2. The standard InChI is InChI=1S/C20H19ClN2O2/c1-2-12-5-3-7-15-14-6-4-8-16(14)20(22-19(12)15)13-9-10-17(21)18(11-13)23(24)25/h3-7,9-11,14,16,20,22H,2,8H2,1H3/t14-,16+,20-/m1/s1. The van der Waals surface area contributed by atoms with Crippen molar-refractivity contribution in [2.24, 2.45) is 5.92 Å². The van der Waals surface area contributed by atoms with Crippen LogP contribution in [0.5, 0.6) is 0 Å². The van der Waals surface area contributed by atoms with Crippen LogP contribution in [-0.2, 0) is 6.42 Å². The maximum atomic E-state index is 11.3. The molecule has 2 aliphatic rings. The predicted octanol–water partition coefficient (Wildman–Crippen LogP) is 5.64. The molecule has 1 aliphatic heterocycles. The largest absolute Gasteiger partial charge is 0.377 e. The van der Waals surface area contributed by atoms with E-state index in [-0.39, 0.29) is 16.8 Å². The van der Waals surface area contributed by atoms with Crippen molar-refractivity contribution < 1.29 is 4.92 Å².